The number of fused-ring (bicyclic) bond motifs is 6. The summed E-state index contributed by atoms with van der Waals surface area (Å²) >= 11 is 7.68. The summed E-state index contributed by atoms with van der Waals surface area (Å²) in [5, 5.41) is 5.42. The monoisotopic (exact) mass is 596 g/mol. The summed E-state index contributed by atoms with van der Waals surface area (Å²) in [7, 11) is 3.00. The van der Waals surface area contributed by atoms with Crippen LogP contribution in [0, 0.1) is 5.92 Å². The number of halogens is 1. The van der Waals surface area contributed by atoms with E-state index in [1.807, 2.05) is 64.9 Å². The molecule has 7 rings (SSSR count). The summed E-state index contributed by atoms with van der Waals surface area (Å²) in [4.78, 5) is 46.6. The number of benzene rings is 3. The summed E-state index contributed by atoms with van der Waals surface area (Å²) in [5.74, 6) is -1.28. The van der Waals surface area contributed by atoms with Crippen molar-refractivity contribution >= 4 is 57.9 Å². The molecule has 3 aromatic carbocycles. The lowest BCUT2D eigenvalue weighted by atomic mass is 9.64. The molecule has 42 heavy (non-hydrogen) atoms. The van der Waals surface area contributed by atoms with E-state index in [2.05, 4.69) is 5.32 Å². The number of para-hydroxylation sites is 1. The van der Waals surface area contributed by atoms with Crippen LogP contribution in [0.2, 0.25) is 5.02 Å². The fourth-order valence-corrected chi connectivity index (χ4v) is 7.77. The first kappa shape index (κ1) is 26.5. The average Bonchev–Trinajstić information content (AvgIpc) is 3.73. The van der Waals surface area contributed by atoms with Crippen molar-refractivity contribution < 1.29 is 23.9 Å². The second kappa shape index (κ2) is 9.86. The van der Waals surface area contributed by atoms with Crippen molar-refractivity contribution in [3.8, 4) is 11.5 Å². The SMILES string of the molecule is COc1ccc(OC)c(C(=O)[C@@H]2[C@@H](C(=O)c3cccs3)N3c4ccc(Cl)cc4C=C[C@@H]3[C@]23C(=O)Nc2ccccc23)c1. The molecule has 3 aliphatic heterocycles. The Morgan fingerprint density at radius 3 is 2.57 bits per heavy atom. The zero-order valence-electron chi connectivity index (χ0n) is 22.7. The van der Waals surface area contributed by atoms with Gasteiger partial charge in [-0.2, -0.15) is 0 Å². The van der Waals surface area contributed by atoms with Crippen molar-refractivity contribution in [1.82, 2.24) is 0 Å². The predicted octanol–water partition coefficient (Wildman–Crippen LogP) is 6.27. The van der Waals surface area contributed by atoms with E-state index in [1.54, 1.807) is 30.3 Å². The summed E-state index contributed by atoms with van der Waals surface area (Å²) in [6.07, 6.45) is 3.84. The molecule has 0 saturated carbocycles. The number of hydrogen-bond acceptors (Lipinski definition) is 7. The van der Waals surface area contributed by atoms with Crippen molar-refractivity contribution in [3.05, 3.63) is 111 Å². The number of amides is 1. The summed E-state index contributed by atoms with van der Waals surface area (Å²) in [6.45, 7) is 0. The minimum Gasteiger partial charge on any atom is -0.497 e. The van der Waals surface area contributed by atoms with E-state index in [-0.39, 0.29) is 23.0 Å². The van der Waals surface area contributed by atoms with E-state index in [0.717, 1.165) is 11.3 Å². The lowest BCUT2D eigenvalue weighted by molar-refractivity contribution is -0.121. The van der Waals surface area contributed by atoms with Gasteiger partial charge in [-0.3, -0.25) is 14.4 Å². The quantitative estimate of drug-likeness (QED) is 0.264. The van der Waals surface area contributed by atoms with Crippen LogP contribution in [0.5, 0.6) is 11.5 Å². The Hall–Kier alpha value is -4.40. The number of thiophene rings is 1. The first-order valence-electron chi connectivity index (χ1n) is 13.4. The Kier molecular flexibility index (Phi) is 6.22. The van der Waals surface area contributed by atoms with E-state index in [0.29, 0.717) is 32.6 Å². The van der Waals surface area contributed by atoms with Crippen molar-refractivity contribution in [2.24, 2.45) is 5.92 Å². The maximum absolute atomic E-state index is 15.1. The Balaban J connectivity index is 1.55. The van der Waals surface area contributed by atoms with Gasteiger partial charge in [-0.25, -0.2) is 0 Å². The second-order valence-electron chi connectivity index (χ2n) is 10.5. The molecule has 0 radical (unpaired) electrons. The lowest BCUT2D eigenvalue weighted by Gasteiger charge is -2.37. The van der Waals surface area contributed by atoms with Crippen molar-refractivity contribution in [3.63, 3.8) is 0 Å². The number of methoxy groups -OCH3 is 2. The second-order valence-corrected chi connectivity index (χ2v) is 11.9. The Morgan fingerprint density at radius 1 is 0.976 bits per heavy atom. The number of ether oxygens (including phenoxy) is 2. The molecule has 1 aromatic heterocycles. The van der Waals surface area contributed by atoms with Crippen LogP contribution in [-0.4, -0.2) is 43.8 Å². The third-order valence-electron chi connectivity index (χ3n) is 8.58. The standard InChI is InChI=1S/C33H25ClN2O5S/c1-40-20-11-13-25(41-2)21(17-20)30(37)28-29(31(38)26-8-5-15-42-26)36-24-12-10-19(34)16-18(24)9-14-27(36)33(28)22-6-3-4-7-23(22)35-32(33)39/h3-17,27-29H,1-2H3,(H,35,39)/t27-,28+,29+,33+/m1/s1. The van der Waals surface area contributed by atoms with Gasteiger partial charge in [-0.15, -0.1) is 11.3 Å². The fraction of sp³-hybridized carbons (Fsp3) is 0.182. The van der Waals surface area contributed by atoms with E-state index in [9.17, 15) is 9.59 Å². The van der Waals surface area contributed by atoms with Crippen LogP contribution in [0.25, 0.3) is 6.08 Å². The molecule has 1 N–H and O–H groups in total. The first-order chi connectivity index (χ1) is 20.4. The molecule has 0 aliphatic carbocycles. The molecule has 7 nitrogen and oxygen atoms in total. The van der Waals surface area contributed by atoms with E-state index in [1.165, 1.54) is 25.6 Å². The molecule has 4 heterocycles. The van der Waals surface area contributed by atoms with Crippen LogP contribution in [0.3, 0.4) is 0 Å². The third kappa shape index (κ3) is 3.61. The van der Waals surface area contributed by atoms with Gasteiger partial charge in [-0.05, 0) is 65.0 Å². The molecule has 0 unspecified atom stereocenters. The normalized spacial score (nSPS) is 23.3. The number of carbonyl (C=O) groups excluding carboxylic acids is 3. The molecule has 1 saturated heterocycles. The van der Waals surface area contributed by atoms with Gasteiger partial charge in [0.05, 0.1) is 36.6 Å². The molecule has 1 amide bonds. The number of nitrogens with zero attached hydrogens (tertiary/aromatic N) is 1. The van der Waals surface area contributed by atoms with E-state index >= 15 is 4.79 Å². The Morgan fingerprint density at radius 2 is 1.81 bits per heavy atom. The highest BCUT2D eigenvalue weighted by atomic mass is 35.5. The average molecular weight is 597 g/mol. The van der Waals surface area contributed by atoms with Crippen LogP contribution in [0.1, 0.15) is 31.2 Å². The number of Topliss-reactive ketones (excluding diaryl/α,β-unsaturated/α-hetero) is 2. The molecule has 3 aliphatic rings. The van der Waals surface area contributed by atoms with Crippen LogP contribution in [0.15, 0.2) is 84.3 Å². The minimum absolute atomic E-state index is 0.236. The molecule has 4 atom stereocenters. The van der Waals surface area contributed by atoms with Gasteiger partial charge >= 0.3 is 0 Å². The minimum atomic E-state index is -1.42. The predicted molar refractivity (Wildman–Crippen MR) is 163 cm³/mol. The van der Waals surface area contributed by atoms with Gasteiger partial charge in [0, 0.05) is 16.4 Å². The number of rotatable bonds is 6. The highest BCUT2D eigenvalue weighted by molar-refractivity contribution is 7.12. The molecule has 4 aromatic rings. The van der Waals surface area contributed by atoms with Gasteiger partial charge in [-0.1, -0.05) is 48.0 Å². The maximum Gasteiger partial charge on any atom is 0.238 e. The summed E-state index contributed by atoms with van der Waals surface area (Å²) in [5.41, 5.74) is 1.64. The highest BCUT2D eigenvalue weighted by Gasteiger charge is 2.70. The molecular weight excluding hydrogens is 572 g/mol. The highest BCUT2D eigenvalue weighted by Crippen LogP contribution is 2.58. The van der Waals surface area contributed by atoms with Gasteiger partial charge < -0.3 is 19.7 Å². The fourth-order valence-electron chi connectivity index (χ4n) is 6.89. The molecule has 9 heteroatoms. The molecule has 210 valence electrons. The Labute approximate surface area is 251 Å². The van der Waals surface area contributed by atoms with E-state index in [4.69, 9.17) is 21.1 Å². The van der Waals surface area contributed by atoms with Crippen molar-refractivity contribution in [1.29, 1.82) is 0 Å². The number of ketones is 2. The van der Waals surface area contributed by atoms with Gasteiger partial charge in [0.2, 0.25) is 5.91 Å². The van der Waals surface area contributed by atoms with Gasteiger partial charge in [0.1, 0.15) is 23.0 Å². The van der Waals surface area contributed by atoms with Crippen molar-refractivity contribution in [2.75, 3.05) is 24.4 Å². The third-order valence-corrected chi connectivity index (χ3v) is 9.70. The number of hydrogen-bond donors (Lipinski definition) is 1. The number of nitrogens with one attached hydrogen (secondary N) is 1. The smallest absolute Gasteiger partial charge is 0.238 e. The largest absolute Gasteiger partial charge is 0.497 e. The van der Waals surface area contributed by atoms with E-state index < -0.39 is 23.4 Å². The molecule has 1 spiro atoms. The topological polar surface area (TPSA) is 84.9 Å². The zero-order valence-corrected chi connectivity index (χ0v) is 24.2. The zero-order chi connectivity index (χ0) is 29.2. The number of carbonyl (C=O) groups is 3. The first-order valence-corrected chi connectivity index (χ1v) is 14.7. The van der Waals surface area contributed by atoms with Crippen LogP contribution < -0.4 is 19.7 Å². The molecular formula is C33H25ClN2O5S. The molecule has 0 bridgehead atoms. The molecule has 1 fully saturated rings. The maximum atomic E-state index is 15.1. The van der Waals surface area contributed by atoms with Crippen LogP contribution in [-0.2, 0) is 10.2 Å². The van der Waals surface area contributed by atoms with Crippen LogP contribution in [0.4, 0.5) is 11.4 Å². The Bertz CT molecular complexity index is 1800. The van der Waals surface area contributed by atoms with Crippen LogP contribution >= 0.6 is 22.9 Å². The summed E-state index contributed by atoms with van der Waals surface area (Å²) < 4.78 is 11.1. The van der Waals surface area contributed by atoms with Gasteiger partial charge in [0.25, 0.3) is 0 Å². The van der Waals surface area contributed by atoms with Gasteiger partial charge in [0.15, 0.2) is 11.6 Å². The lowest BCUT2D eigenvalue weighted by Crippen LogP contribution is -2.51. The summed E-state index contributed by atoms with van der Waals surface area (Å²) in [6, 6.07) is 19.7. The van der Waals surface area contributed by atoms with Crippen molar-refractivity contribution in [2.45, 2.75) is 17.5 Å². The number of anilines is 2.